The molecule has 170 valence electrons. The quantitative estimate of drug-likeness (QED) is 0.329. The molecule has 33 heavy (non-hydrogen) atoms. The van der Waals surface area contributed by atoms with Gasteiger partial charge in [0.2, 0.25) is 5.91 Å². The third kappa shape index (κ3) is 5.58. The third-order valence-corrected chi connectivity index (χ3v) is 6.25. The Morgan fingerprint density at radius 3 is 2.67 bits per heavy atom. The highest BCUT2D eigenvalue weighted by atomic mass is 35.5. The lowest BCUT2D eigenvalue weighted by Gasteiger charge is -2.17. The lowest BCUT2D eigenvalue weighted by atomic mass is 10.1. The number of amides is 1. The van der Waals surface area contributed by atoms with E-state index in [1.165, 1.54) is 11.8 Å². The molecule has 1 unspecified atom stereocenters. The number of ether oxygens (including phenoxy) is 1. The second-order valence-corrected chi connectivity index (χ2v) is 8.68. The van der Waals surface area contributed by atoms with Gasteiger partial charge in [-0.2, -0.15) is 0 Å². The molecule has 4 rings (SSSR count). The van der Waals surface area contributed by atoms with E-state index in [2.05, 4.69) is 15.5 Å². The maximum Gasteiger partial charge on any atom is 0.230 e. The van der Waals surface area contributed by atoms with E-state index < -0.39 is 0 Å². The van der Waals surface area contributed by atoms with Crippen LogP contribution in [0.2, 0.25) is 5.02 Å². The number of rotatable bonds is 9. The van der Waals surface area contributed by atoms with Crippen LogP contribution >= 0.6 is 23.4 Å². The number of halogens is 1. The number of para-hydroxylation sites is 1. The van der Waals surface area contributed by atoms with Crippen LogP contribution in [0, 0.1) is 0 Å². The fourth-order valence-electron chi connectivity index (χ4n) is 3.42. The first-order chi connectivity index (χ1) is 16.0. The van der Waals surface area contributed by atoms with Crippen LogP contribution < -0.4 is 10.1 Å². The van der Waals surface area contributed by atoms with Crippen LogP contribution in [0.4, 0.5) is 0 Å². The molecule has 2 heterocycles. The van der Waals surface area contributed by atoms with Crippen molar-refractivity contribution in [2.24, 2.45) is 0 Å². The molecule has 0 aliphatic rings. The number of nitrogens with one attached hydrogen (secondary N) is 1. The van der Waals surface area contributed by atoms with Crippen molar-refractivity contribution in [2.75, 3.05) is 12.9 Å². The second-order valence-electron chi connectivity index (χ2n) is 7.30. The smallest absolute Gasteiger partial charge is 0.230 e. The lowest BCUT2D eigenvalue weighted by Crippen LogP contribution is -2.28. The number of hydrogen-bond donors (Lipinski definition) is 1. The van der Waals surface area contributed by atoms with Crippen LogP contribution in [0.5, 0.6) is 5.75 Å². The van der Waals surface area contributed by atoms with E-state index in [1.807, 2.05) is 72.2 Å². The number of hydrogen-bond acceptors (Lipinski definition) is 6. The molecule has 1 atom stereocenters. The van der Waals surface area contributed by atoms with E-state index >= 15 is 0 Å². The van der Waals surface area contributed by atoms with E-state index in [-0.39, 0.29) is 17.7 Å². The Bertz CT molecular complexity index is 1210. The first-order valence-electron chi connectivity index (χ1n) is 10.3. The van der Waals surface area contributed by atoms with E-state index in [0.717, 1.165) is 22.6 Å². The van der Waals surface area contributed by atoms with Crippen LogP contribution in [0.25, 0.3) is 11.4 Å². The van der Waals surface area contributed by atoms with E-state index in [0.29, 0.717) is 22.5 Å². The zero-order chi connectivity index (χ0) is 23.2. The standard InChI is InChI=1S/C24H23ClN4O3S/c1-16(20-7-3-4-8-21(20)31-2)26-22(30)15-33-24-28-27-23(17-9-11-18(25)12-10-17)29(24)14-19-6-5-13-32-19/h3-13,16H,14-15H2,1-2H3,(H,26,30). The molecule has 9 heteroatoms. The molecule has 0 saturated heterocycles. The van der Waals surface area contributed by atoms with Gasteiger partial charge in [-0.3, -0.25) is 9.36 Å². The van der Waals surface area contributed by atoms with Crippen LogP contribution in [0.15, 0.2) is 76.5 Å². The van der Waals surface area contributed by atoms with Gasteiger partial charge in [0.25, 0.3) is 0 Å². The van der Waals surface area contributed by atoms with Crippen molar-refractivity contribution in [1.29, 1.82) is 0 Å². The third-order valence-electron chi connectivity index (χ3n) is 5.03. The molecule has 0 spiro atoms. The van der Waals surface area contributed by atoms with Gasteiger partial charge >= 0.3 is 0 Å². The van der Waals surface area contributed by atoms with Crippen molar-refractivity contribution in [2.45, 2.75) is 24.7 Å². The summed E-state index contributed by atoms with van der Waals surface area (Å²) in [5, 5.41) is 13.0. The lowest BCUT2D eigenvalue weighted by molar-refractivity contribution is -0.119. The molecule has 0 fully saturated rings. The maximum atomic E-state index is 12.7. The molecule has 2 aromatic heterocycles. The first-order valence-corrected chi connectivity index (χ1v) is 11.7. The van der Waals surface area contributed by atoms with Crippen molar-refractivity contribution in [3.05, 3.63) is 83.3 Å². The molecule has 0 bridgehead atoms. The zero-order valence-corrected chi connectivity index (χ0v) is 19.8. The number of furan rings is 1. The van der Waals surface area contributed by atoms with E-state index in [4.69, 9.17) is 20.8 Å². The van der Waals surface area contributed by atoms with Gasteiger partial charge in [0.05, 0.1) is 31.7 Å². The summed E-state index contributed by atoms with van der Waals surface area (Å²) in [5.41, 5.74) is 1.80. The van der Waals surface area contributed by atoms with Crippen LogP contribution in [0.3, 0.4) is 0 Å². The molecule has 7 nitrogen and oxygen atoms in total. The van der Waals surface area contributed by atoms with Crippen LogP contribution in [-0.4, -0.2) is 33.5 Å². The topological polar surface area (TPSA) is 82.2 Å². The monoisotopic (exact) mass is 482 g/mol. The van der Waals surface area contributed by atoms with Gasteiger partial charge in [0.1, 0.15) is 11.5 Å². The predicted molar refractivity (Wildman–Crippen MR) is 129 cm³/mol. The normalized spacial score (nSPS) is 11.8. The van der Waals surface area contributed by atoms with Gasteiger partial charge in [-0.05, 0) is 49.4 Å². The average molecular weight is 483 g/mol. The summed E-state index contributed by atoms with van der Waals surface area (Å²) in [6.07, 6.45) is 1.63. The molecular weight excluding hydrogens is 460 g/mol. The number of methoxy groups -OCH3 is 1. The minimum absolute atomic E-state index is 0.112. The zero-order valence-electron chi connectivity index (χ0n) is 18.2. The molecule has 1 N–H and O–H groups in total. The van der Waals surface area contributed by atoms with Crippen molar-refractivity contribution >= 4 is 29.3 Å². The molecule has 2 aromatic carbocycles. The summed E-state index contributed by atoms with van der Waals surface area (Å²) in [5.74, 6) is 2.26. The number of carbonyl (C=O) groups is 1. The van der Waals surface area contributed by atoms with Crippen molar-refractivity contribution < 1.29 is 13.9 Å². The Hall–Kier alpha value is -3.23. The van der Waals surface area contributed by atoms with Gasteiger partial charge in [-0.1, -0.05) is 41.6 Å². The van der Waals surface area contributed by atoms with E-state index in [9.17, 15) is 4.79 Å². The van der Waals surface area contributed by atoms with Crippen molar-refractivity contribution in [3.63, 3.8) is 0 Å². The number of aromatic nitrogens is 3. The highest BCUT2D eigenvalue weighted by molar-refractivity contribution is 7.99. The van der Waals surface area contributed by atoms with Gasteiger partial charge in [0.15, 0.2) is 11.0 Å². The fraction of sp³-hybridized carbons (Fsp3) is 0.208. The maximum absolute atomic E-state index is 12.7. The number of carbonyl (C=O) groups excluding carboxylic acids is 1. The predicted octanol–water partition coefficient (Wildman–Crippen LogP) is 5.22. The Morgan fingerprint density at radius 1 is 1.15 bits per heavy atom. The Balaban J connectivity index is 1.49. The molecule has 0 radical (unpaired) electrons. The van der Waals surface area contributed by atoms with E-state index in [1.54, 1.807) is 13.4 Å². The summed E-state index contributed by atoms with van der Waals surface area (Å²) < 4.78 is 12.9. The summed E-state index contributed by atoms with van der Waals surface area (Å²) in [4.78, 5) is 12.7. The van der Waals surface area contributed by atoms with Gasteiger partial charge < -0.3 is 14.5 Å². The number of benzene rings is 2. The van der Waals surface area contributed by atoms with Crippen LogP contribution in [0.1, 0.15) is 24.3 Å². The highest BCUT2D eigenvalue weighted by Gasteiger charge is 2.18. The van der Waals surface area contributed by atoms with Crippen molar-refractivity contribution in [3.8, 4) is 17.1 Å². The molecule has 0 saturated carbocycles. The van der Waals surface area contributed by atoms with Gasteiger partial charge in [0, 0.05) is 16.1 Å². The Labute approximate surface area is 201 Å². The summed E-state index contributed by atoms with van der Waals surface area (Å²) in [6.45, 7) is 2.37. The highest BCUT2D eigenvalue weighted by Crippen LogP contribution is 2.27. The second kappa shape index (κ2) is 10.6. The van der Waals surface area contributed by atoms with Gasteiger partial charge in [-0.15, -0.1) is 10.2 Å². The largest absolute Gasteiger partial charge is 0.496 e. The minimum atomic E-state index is -0.195. The van der Waals surface area contributed by atoms with Gasteiger partial charge in [-0.25, -0.2) is 0 Å². The minimum Gasteiger partial charge on any atom is -0.496 e. The SMILES string of the molecule is COc1ccccc1C(C)NC(=O)CSc1nnc(-c2ccc(Cl)cc2)n1Cc1ccco1. The number of nitrogens with zero attached hydrogens (tertiary/aromatic N) is 3. The summed E-state index contributed by atoms with van der Waals surface area (Å²) in [6, 6.07) is 18.6. The molecule has 0 aliphatic heterocycles. The van der Waals surface area contributed by atoms with Crippen molar-refractivity contribution in [1.82, 2.24) is 20.1 Å². The molecular formula is C24H23ClN4O3S. The molecule has 1 amide bonds. The summed E-state index contributed by atoms with van der Waals surface area (Å²) >= 11 is 7.36. The summed E-state index contributed by atoms with van der Waals surface area (Å²) in [7, 11) is 1.62. The Morgan fingerprint density at radius 2 is 1.94 bits per heavy atom. The average Bonchev–Trinajstić information content (AvgIpc) is 3.48. The molecule has 0 aliphatic carbocycles. The Kier molecular flexibility index (Phi) is 7.36. The first kappa shape index (κ1) is 22.9. The van der Waals surface area contributed by atoms with Crippen LogP contribution in [-0.2, 0) is 11.3 Å². The molecule has 4 aromatic rings. The number of thioether (sulfide) groups is 1. The fourth-order valence-corrected chi connectivity index (χ4v) is 4.30.